The van der Waals surface area contributed by atoms with Gasteiger partial charge < -0.3 is 10.2 Å². The molecule has 0 radical (unpaired) electrons. The number of nitrogens with one attached hydrogen (secondary N) is 1. The van der Waals surface area contributed by atoms with Gasteiger partial charge in [0.2, 0.25) is 0 Å². The van der Waals surface area contributed by atoms with Gasteiger partial charge in [0.1, 0.15) is 0 Å². The molecule has 0 fully saturated rings. The number of carbonyl (C=O) groups is 1. The van der Waals surface area contributed by atoms with Gasteiger partial charge in [-0.15, -0.1) is 0 Å². The second kappa shape index (κ2) is 4.78. The Bertz CT molecular complexity index is 414. The van der Waals surface area contributed by atoms with Crippen LogP contribution < -0.4 is 5.32 Å². The molecule has 0 bridgehead atoms. The number of carbonyl (C=O) groups excluding carboxylic acids is 1. The Morgan fingerprint density at radius 3 is 2.82 bits per heavy atom. The summed E-state index contributed by atoms with van der Waals surface area (Å²) in [5.41, 5.74) is 2.64. The third-order valence-corrected chi connectivity index (χ3v) is 3.14. The summed E-state index contributed by atoms with van der Waals surface area (Å²) >= 11 is 0. The van der Waals surface area contributed by atoms with E-state index < -0.39 is 0 Å². The first-order valence-corrected chi connectivity index (χ1v) is 6.21. The van der Waals surface area contributed by atoms with Crippen LogP contribution >= 0.6 is 0 Å². The first-order chi connectivity index (χ1) is 8.08. The van der Waals surface area contributed by atoms with Crippen LogP contribution in [0.5, 0.6) is 0 Å². The maximum atomic E-state index is 12.0. The normalized spacial score (nSPS) is 19.1. The number of hydrogen-bond donors (Lipinski definition) is 1. The monoisotopic (exact) mass is 232 g/mol. The molecule has 1 aromatic carbocycles. The van der Waals surface area contributed by atoms with Gasteiger partial charge in [0.05, 0.1) is 0 Å². The first kappa shape index (κ1) is 12.0. The summed E-state index contributed by atoms with van der Waals surface area (Å²) in [7, 11) is 0. The van der Waals surface area contributed by atoms with Crippen LogP contribution in [-0.2, 0) is 6.54 Å². The zero-order chi connectivity index (χ0) is 12.4. The number of hydrogen-bond acceptors (Lipinski definition) is 1. The van der Waals surface area contributed by atoms with Crippen molar-refractivity contribution in [3.63, 3.8) is 0 Å². The molecule has 1 atom stereocenters. The number of urea groups is 1. The highest BCUT2D eigenvalue weighted by Crippen LogP contribution is 2.27. The van der Waals surface area contributed by atoms with Gasteiger partial charge in [0.15, 0.2) is 0 Å². The summed E-state index contributed by atoms with van der Waals surface area (Å²) < 4.78 is 0. The molecule has 1 aromatic rings. The van der Waals surface area contributed by atoms with E-state index in [4.69, 9.17) is 0 Å². The molecule has 2 amide bonds. The van der Waals surface area contributed by atoms with Crippen molar-refractivity contribution in [1.29, 1.82) is 0 Å². The molecule has 92 valence electrons. The van der Waals surface area contributed by atoms with Crippen molar-refractivity contribution < 1.29 is 4.79 Å². The third kappa shape index (κ3) is 2.60. The van der Waals surface area contributed by atoms with Crippen LogP contribution in [0.4, 0.5) is 4.79 Å². The molecule has 1 aliphatic rings. The summed E-state index contributed by atoms with van der Waals surface area (Å²) in [4.78, 5) is 13.9. The Kier molecular flexibility index (Phi) is 3.36. The highest BCUT2D eigenvalue weighted by Gasteiger charge is 2.25. The molecule has 0 spiro atoms. The Hall–Kier alpha value is -1.51. The van der Waals surface area contributed by atoms with E-state index in [1.54, 1.807) is 0 Å². The summed E-state index contributed by atoms with van der Waals surface area (Å²) in [6, 6.07) is 8.61. The number of nitrogens with zero attached hydrogens (tertiary/aromatic N) is 1. The molecule has 3 nitrogen and oxygen atoms in total. The first-order valence-electron chi connectivity index (χ1n) is 6.21. The van der Waals surface area contributed by atoms with Crippen LogP contribution in [0.25, 0.3) is 0 Å². The Balaban J connectivity index is 2.14. The summed E-state index contributed by atoms with van der Waals surface area (Å²) in [5.74, 6) is 0.415. The van der Waals surface area contributed by atoms with Crippen LogP contribution in [0.3, 0.4) is 0 Å². The number of benzene rings is 1. The second-order valence-electron chi connectivity index (χ2n) is 5.08. The van der Waals surface area contributed by atoms with E-state index in [0.29, 0.717) is 5.92 Å². The second-order valence-corrected chi connectivity index (χ2v) is 5.08. The number of fused-ring (bicyclic) bond motifs is 1. The third-order valence-electron chi connectivity index (χ3n) is 3.14. The highest BCUT2D eigenvalue weighted by molar-refractivity contribution is 5.75. The van der Waals surface area contributed by atoms with E-state index in [2.05, 4.69) is 30.4 Å². The fourth-order valence-electron chi connectivity index (χ4n) is 2.35. The van der Waals surface area contributed by atoms with Gasteiger partial charge in [-0.05, 0) is 30.9 Å². The van der Waals surface area contributed by atoms with Gasteiger partial charge in [-0.3, -0.25) is 0 Å². The maximum absolute atomic E-state index is 12.0. The average molecular weight is 232 g/mol. The summed E-state index contributed by atoms with van der Waals surface area (Å²) in [6.07, 6.45) is 0. The predicted octanol–water partition coefficient (Wildman–Crippen LogP) is 2.72. The maximum Gasteiger partial charge on any atom is 0.317 e. The Labute approximate surface area is 103 Å². The quantitative estimate of drug-likeness (QED) is 0.793. The van der Waals surface area contributed by atoms with Crippen LogP contribution in [0.2, 0.25) is 0 Å². The average Bonchev–Trinajstić information content (AvgIpc) is 2.28. The molecule has 1 heterocycles. The van der Waals surface area contributed by atoms with E-state index in [9.17, 15) is 4.79 Å². The zero-order valence-corrected chi connectivity index (χ0v) is 10.7. The minimum absolute atomic E-state index is 0.0429. The van der Waals surface area contributed by atoms with Crippen molar-refractivity contribution in [2.24, 2.45) is 0 Å². The zero-order valence-electron chi connectivity index (χ0n) is 10.7. The molecular formula is C14H20N2O. The SMILES string of the molecule is CC(C)NC(=O)N1Cc2ccccc2C(C)C1. The minimum Gasteiger partial charge on any atom is -0.336 e. The van der Waals surface area contributed by atoms with Gasteiger partial charge >= 0.3 is 6.03 Å². The van der Waals surface area contributed by atoms with Gasteiger partial charge in [-0.25, -0.2) is 4.79 Å². The van der Waals surface area contributed by atoms with Gasteiger partial charge in [0.25, 0.3) is 0 Å². The standard InChI is InChI=1S/C14H20N2O/c1-10(2)15-14(17)16-8-11(3)13-7-5-4-6-12(13)9-16/h4-7,10-11H,8-9H2,1-3H3,(H,15,17). The van der Waals surface area contributed by atoms with Gasteiger partial charge in [-0.2, -0.15) is 0 Å². The molecule has 3 heteroatoms. The lowest BCUT2D eigenvalue weighted by atomic mass is 9.91. The lowest BCUT2D eigenvalue weighted by molar-refractivity contribution is 0.185. The van der Waals surface area contributed by atoms with E-state index in [1.165, 1.54) is 11.1 Å². The van der Waals surface area contributed by atoms with Crippen molar-refractivity contribution in [2.45, 2.75) is 39.3 Å². The van der Waals surface area contributed by atoms with Crippen molar-refractivity contribution in [2.75, 3.05) is 6.54 Å². The molecule has 17 heavy (non-hydrogen) atoms. The van der Waals surface area contributed by atoms with Crippen molar-refractivity contribution in [3.8, 4) is 0 Å². The van der Waals surface area contributed by atoms with E-state index in [-0.39, 0.29) is 12.1 Å². The summed E-state index contributed by atoms with van der Waals surface area (Å²) in [5, 5.41) is 2.95. The molecule has 1 aliphatic heterocycles. The topological polar surface area (TPSA) is 32.3 Å². The van der Waals surface area contributed by atoms with E-state index in [1.807, 2.05) is 24.8 Å². The number of rotatable bonds is 1. The van der Waals surface area contributed by atoms with Crippen LogP contribution in [0, 0.1) is 0 Å². The van der Waals surface area contributed by atoms with Gasteiger partial charge in [0, 0.05) is 19.1 Å². The van der Waals surface area contributed by atoms with Crippen molar-refractivity contribution in [1.82, 2.24) is 10.2 Å². The molecule has 0 aromatic heterocycles. The van der Waals surface area contributed by atoms with Crippen LogP contribution in [-0.4, -0.2) is 23.5 Å². The van der Waals surface area contributed by atoms with Crippen LogP contribution in [0.1, 0.15) is 37.8 Å². The molecule has 0 saturated carbocycles. The largest absolute Gasteiger partial charge is 0.336 e. The fourth-order valence-corrected chi connectivity index (χ4v) is 2.35. The Morgan fingerprint density at radius 2 is 2.12 bits per heavy atom. The lowest BCUT2D eigenvalue weighted by Gasteiger charge is -2.33. The molecular weight excluding hydrogens is 212 g/mol. The van der Waals surface area contributed by atoms with Crippen LogP contribution in [0.15, 0.2) is 24.3 Å². The molecule has 1 N–H and O–H groups in total. The molecule has 1 unspecified atom stereocenters. The van der Waals surface area contributed by atoms with E-state index >= 15 is 0 Å². The molecule has 0 saturated heterocycles. The molecule has 0 aliphatic carbocycles. The van der Waals surface area contributed by atoms with Gasteiger partial charge in [-0.1, -0.05) is 31.2 Å². The smallest absolute Gasteiger partial charge is 0.317 e. The van der Waals surface area contributed by atoms with E-state index in [0.717, 1.165) is 13.1 Å². The number of amides is 2. The minimum atomic E-state index is 0.0429. The van der Waals surface area contributed by atoms with Crippen molar-refractivity contribution >= 4 is 6.03 Å². The Morgan fingerprint density at radius 1 is 1.41 bits per heavy atom. The fraction of sp³-hybridized carbons (Fsp3) is 0.500. The highest BCUT2D eigenvalue weighted by atomic mass is 16.2. The predicted molar refractivity (Wildman–Crippen MR) is 68.9 cm³/mol. The lowest BCUT2D eigenvalue weighted by Crippen LogP contribution is -2.45. The van der Waals surface area contributed by atoms with Crippen molar-refractivity contribution in [3.05, 3.63) is 35.4 Å². The summed E-state index contributed by atoms with van der Waals surface area (Å²) in [6.45, 7) is 7.67. The molecule has 2 rings (SSSR count).